The van der Waals surface area contributed by atoms with E-state index in [0.717, 1.165) is 23.3 Å². The third-order valence-corrected chi connectivity index (χ3v) is 3.56. The highest BCUT2D eigenvalue weighted by Gasteiger charge is 2.11. The summed E-state index contributed by atoms with van der Waals surface area (Å²) >= 11 is 0. The van der Waals surface area contributed by atoms with Gasteiger partial charge in [0.2, 0.25) is 0 Å². The number of phenolic OH excluding ortho intramolecular Hbond substituents is 1. The molecule has 0 radical (unpaired) electrons. The van der Waals surface area contributed by atoms with Gasteiger partial charge in [-0.25, -0.2) is 0 Å². The largest absolute Gasteiger partial charge is 0.508 e. The average Bonchev–Trinajstić information content (AvgIpc) is 2.42. The monoisotopic (exact) mass is 256 g/mol. The lowest BCUT2D eigenvalue weighted by molar-refractivity contribution is 0.406. The Balaban J connectivity index is 2.41. The molecule has 2 heteroatoms. The molecule has 0 atom stereocenters. The molecule has 0 fully saturated rings. The Labute approximate surface area is 114 Å². The normalized spacial score (nSPS) is 10.5. The SMILES string of the molecule is CCc1ccc(Cc2ccccc2O)c(OC)c1C. The van der Waals surface area contributed by atoms with Crippen LogP contribution in [-0.4, -0.2) is 12.2 Å². The van der Waals surface area contributed by atoms with Gasteiger partial charge in [0.05, 0.1) is 7.11 Å². The number of ether oxygens (including phenoxy) is 1. The molecule has 0 saturated heterocycles. The van der Waals surface area contributed by atoms with Gasteiger partial charge in [-0.1, -0.05) is 37.3 Å². The predicted molar refractivity (Wildman–Crippen MR) is 78.0 cm³/mol. The van der Waals surface area contributed by atoms with Gasteiger partial charge in [-0.15, -0.1) is 0 Å². The van der Waals surface area contributed by atoms with Gasteiger partial charge in [-0.3, -0.25) is 0 Å². The molecule has 0 saturated carbocycles. The van der Waals surface area contributed by atoms with E-state index in [1.54, 1.807) is 13.2 Å². The van der Waals surface area contributed by atoms with Gasteiger partial charge in [0.15, 0.2) is 0 Å². The molecule has 2 aromatic carbocycles. The average molecular weight is 256 g/mol. The van der Waals surface area contributed by atoms with E-state index < -0.39 is 0 Å². The Morgan fingerprint density at radius 3 is 2.32 bits per heavy atom. The second-order valence-electron chi connectivity index (χ2n) is 4.70. The fraction of sp³-hybridized carbons (Fsp3) is 0.294. The maximum Gasteiger partial charge on any atom is 0.125 e. The number of rotatable bonds is 4. The summed E-state index contributed by atoms with van der Waals surface area (Å²) in [6.45, 7) is 4.23. The third-order valence-electron chi connectivity index (χ3n) is 3.56. The van der Waals surface area contributed by atoms with Crippen molar-refractivity contribution in [3.63, 3.8) is 0 Å². The molecule has 1 N–H and O–H groups in total. The van der Waals surface area contributed by atoms with Crippen molar-refractivity contribution in [1.29, 1.82) is 0 Å². The lowest BCUT2D eigenvalue weighted by Gasteiger charge is -2.15. The van der Waals surface area contributed by atoms with Crippen LogP contribution in [-0.2, 0) is 12.8 Å². The van der Waals surface area contributed by atoms with Gasteiger partial charge in [-0.2, -0.15) is 0 Å². The maximum absolute atomic E-state index is 9.86. The van der Waals surface area contributed by atoms with Crippen molar-refractivity contribution in [3.05, 3.63) is 58.7 Å². The predicted octanol–water partition coefficient (Wildman–Crippen LogP) is 3.86. The number of aromatic hydroxyl groups is 1. The Bertz CT molecular complexity index is 573. The fourth-order valence-electron chi connectivity index (χ4n) is 2.46. The van der Waals surface area contributed by atoms with Crippen LogP contribution in [0.2, 0.25) is 0 Å². The Morgan fingerprint density at radius 2 is 1.68 bits per heavy atom. The minimum absolute atomic E-state index is 0.335. The Hall–Kier alpha value is -1.96. The summed E-state index contributed by atoms with van der Waals surface area (Å²) in [7, 11) is 1.70. The van der Waals surface area contributed by atoms with Crippen LogP contribution in [0.5, 0.6) is 11.5 Å². The van der Waals surface area contributed by atoms with Crippen LogP contribution in [0.1, 0.15) is 29.2 Å². The van der Waals surface area contributed by atoms with Crippen molar-refractivity contribution >= 4 is 0 Å². The molecule has 0 bridgehead atoms. The van der Waals surface area contributed by atoms with Crippen LogP contribution in [0.4, 0.5) is 0 Å². The lowest BCUT2D eigenvalue weighted by Crippen LogP contribution is -1.99. The van der Waals surface area contributed by atoms with Crippen molar-refractivity contribution in [3.8, 4) is 11.5 Å². The van der Waals surface area contributed by atoms with Gasteiger partial charge >= 0.3 is 0 Å². The summed E-state index contributed by atoms with van der Waals surface area (Å²) < 4.78 is 5.55. The minimum Gasteiger partial charge on any atom is -0.508 e. The fourth-order valence-corrected chi connectivity index (χ4v) is 2.46. The summed E-state index contributed by atoms with van der Waals surface area (Å²) in [5.41, 5.74) is 4.53. The van der Waals surface area contributed by atoms with Crippen molar-refractivity contribution in [1.82, 2.24) is 0 Å². The number of methoxy groups -OCH3 is 1. The quantitative estimate of drug-likeness (QED) is 0.900. The zero-order valence-electron chi connectivity index (χ0n) is 11.7. The first-order chi connectivity index (χ1) is 9.17. The van der Waals surface area contributed by atoms with E-state index in [2.05, 4.69) is 26.0 Å². The van der Waals surface area contributed by atoms with Crippen LogP contribution in [0.3, 0.4) is 0 Å². The van der Waals surface area contributed by atoms with Crippen molar-refractivity contribution in [2.45, 2.75) is 26.7 Å². The molecule has 0 aliphatic carbocycles. The highest BCUT2D eigenvalue weighted by Crippen LogP contribution is 2.30. The summed E-state index contributed by atoms with van der Waals surface area (Å²) in [5.74, 6) is 1.27. The summed E-state index contributed by atoms with van der Waals surface area (Å²) in [6.07, 6.45) is 1.68. The Morgan fingerprint density at radius 1 is 1.00 bits per heavy atom. The molecular formula is C17H20O2. The maximum atomic E-state index is 9.86. The first-order valence-corrected chi connectivity index (χ1v) is 6.59. The van der Waals surface area contributed by atoms with Crippen molar-refractivity contribution in [2.24, 2.45) is 0 Å². The van der Waals surface area contributed by atoms with Crippen molar-refractivity contribution in [2.75, 3.05) is 7.11 Å². The van der Waals surface area contributed by atoms with Gasteiger partial charge in [0, 0.05) is 6.42 Å². The number of benzene rings is 2. The van der Waals surface area contributed by atoms with Crippen LogP contribution < -0.4 is 4.74 Å². The van der Waals surface area contributed by atoms with Gasteiger partial charge < -0.3 is 9.84 Å². The van der Waals surface area contributed by atoms with Gasteiger partial charge in [-0.05, 0) is 41.7 Å². The lowest BCUT2D eigenvalue weighted by atomic mass is 9.97. The minimum atomic E-state index is 0.335. The molecule has 19 heavy (non-hydrogen) atoms. The molecule has 0 spiro atoms. The van der Waals surface area contributed by atoms with E-state index in [-0.39, 0.29) is 0 Å². The second kappa shape index (κ2) is 5.79. The van der Waals surface area contributed by atoms with E-state index in [0.29, 0.717) is 12.2 Å². The van der Waals surface area contributed by atoms with E-state index in [4.69, 9.17) is 4.74 Å². The summed E-state index contributed by atoms with van der Waals surface area (Å²) in [5, 5.41) is 9.86. The van der Waals surface area contributed by atoms with Crippen LogP contribution in [0.25, 0.3) is 0 Å². The zero-order chi connectivity index (χ0) is 13.8. The molecule has 0 unspecified atom stereocenters. The van der Waals surface area contributed by atoms with Crippen molar-refractivity contribution < 1.29 is 9.84 Å². The number of hydrogen-bond donors (Lipinski definition) is 1. The number of para-hydroxylation sites is 1. The smallest absolute Gasteiger partial charge is 0.125 e. The molecule has 0 heterocycles. The first kappa shape index (κ1) is 13.5. The molecule has 2 aromatic rings. The molecule has 0 aliphatic heterocycles. The first-order valence-electron chi connectivity index (χ1n) is 6.59. The molecule has 0 amide bonds. The second-order valence-corrected chi connectivity index (χ2v) is 4.70. The third kappa shape index (κ3) is 2.73. The molecule has 0 aliphatic rings. The number of phenols is 1. The highest BCUT2D eigenvalue weighted by atomic mass is 16.5. The van der Waals surface area contributed by atoms with Crippen LogP contribution in [0.15, 0.2) is 36.4 Å². The molecule has 0 aromatic heterocycles. The highest BCUT2D eigenvalue weighted by molar-refractivity contribution is 5.49. The van der Waals surface area contributed by atoms with E-state index >= 15 is 0 Å². The number of hydrogen-bond acceptors (Lipinski definition) is 2. The standard InChI is InChI=1S/C17H20O2/c1-4-13-9-10-15(17(19-3)12(13)2)11-14-7-5-6-8-16(14)18/h5-10,18H,4,11H2,1-3H3. The zero-order valence-corrected chi connectivity index (χ0v) is 11.7. The Kier molecular flexibility index (Phi) is 4.10. The molecular weight excluding hydrogens is 236 g/mol. The van der Waals surface area contributed by atoms with Gasteiger partial charge in [0.1, 0.15) is 11.5 Å². The number of aryl methyl sites for hydroxylation is 1. The van der Waals surface area contributed by atoms with E-state index in [9.17, 15) is 5.11 Å². The summed E-state index contributed by atoms with van der Waals surface area (Å²) in [6, 6.07) is 11.7. The summed E-state index contributed by atoms with van der Waals surface area (Å²) in [4.78, 5) is 0. The van der Waals surface area contributed by atoms with E-state index in [1.807, 2.05) is 18.2 Å². The van der Waals surface area contributed by atoms with Gasteiger partial charge in [0.25, 0.3) is 0 Å². The van der Waals surface area contributed by atoms with Crippen LogP contribution in [0, 0.1) is 6.92 Å². The molecule has 100 valence electrons. The topological polar surface area (TPSA) is 29.5 Å². The van der Waals surface area contributed by atoms with Crippen LogP contribution >= 0.6 is 0 Å². The molecule has 2 rings (SSSR count). The van der Waals surface area contributed by atoms with E-state index in [1.165, 1.54) is 11.1 Å². The molecule has 2 nitrogen and oxygen atoms in total.